The Labute approximate surface area is 195 Å². The topological polar surface area (TPSA) is 118 Å². The van der Waals surface area contributed by atoms with Crippen LogP contribution in [0.1, 0.15) is 55.4 Å². The van der Waals surface area contributed by atoms with Crippen LogP contribution in [0.15, 0.2) is 66.9 Å². The fraction of sp³-hybridized carbons (Fsp3) is 0.160. The second kappa shape index (κ2) is 11.4. The molecular formula is C25H21NO8. The third-order valence-corrected chi connectivity index (χ3v) is 4.36. The molecule has 9 nitrogen and oxygen atoms in total. The summed E-state index contributed by atoms with van der Waals surface area (Å²) in [5.41, 5.74) is 0.759. The normalized spacial score (nSPS) is 10.2. The average Bonchev–Trinajstić information content (AvgIpc) is 2.85. The minimum absolute atomic E-state index is 0.0233. The first kappa shape index (κ1) is 24.1. The maximum absolute atomic E-state index is 12.3. The second-order valence-electron chi connectivity index (χ2n) is 6.70. The van der Waals surface area contributed by atoms with Gasteiger partial charge in [-0.2, -0.15) is 0 Å². The predicted octanol–water partition coefficient (Wildman–Crippen LogP) is 3.87. The molecule has 174 valence electrons. The fourth-order valence-corrected chi connectivity index (χ4v) is 2.71. The van der Waals surface area contributed by atoms with Crippen molar-refractivity contribution in [2.45, 2.75) is 13.8 Å². The Morgan fingerprint density at radius 3 is 1.44 bits per heavy atom. The quantitative estimate of drug-likeness (QED) is 0.362. The van der Waals surface area contributed by atoms with Gasteiger partial charge in [-0.1, -0.05) is 0 Å². The lowest BCUT2D eigenvalue weighted by molar-refractivity contribution is 0.0516. The van der Waals surface area contributed by atoms with Gasteiger partial charge in [-0.05, 0) is 74.5 Å². The number of aromatic nitrogens is 1. The maximum Gasteiger partial charge on any atom is 0.362 e. The van der Waals surface area contributed by atoms with E-state index in [1.54, 1.807) is 13.8 Å². The summed E-state index contributed by atoms with van der Waals surface area (Å²) in [5, 5.41) is 0. The maximum atomic E-state index is 12.3. The number of benzene rings is 2. The molecule has 1 heterocycles. The molecule has 0 atom stereocenters. The minimum Gasteiger partial charge on any atom is -0.462 e. The number of hydrogen-bond acceptors (Lipinski definition) is 9. The molecule has 9 heteroatoms. The molecule has 0 saturated heterocycles. The van der Waals surface area contributed by atoms with E-state index in [0.717, 1.165) is 0 Å². The molecule has 3 aromatic rings. The average molecular weight is 463 g/mol. The highest BCUT2D eigenvalue weighted by molar-refractivity contribution is 5.94. The summed E-state index contributed by atoms with van der Waals surface area (Å²) < 4.78 is 20.3. The molecule has 0 aliphatic rings. The molecule has 3 rings (SSSR count). The van der Waals surface area contributed by atoms with Gasteiger partial charge in [0.25, 0.3) is 0 Å². The molecule has 0 bridgehead atoms. The highest BCUT2D eigenvalue weighted by Gasteiger charge is 2.15. The van der Waals surface area contributed by atoms with E-state index in [2.05, 4.69) is 4.98 Å². The van der Waals surface area contributed by atoms with Crippen LogP contribution in [0.25, 0.3) is 0 Å². The van der Waals surface area contributed by atoms with Crippen LogP contribution in [0, 0.1) is 0 Å². The third-order valence-electron chi connectivity index (χ3n) is 4.36. The van der Waals surface area contributed by atoms with Gasteiger partial charge >= 0.3 is 23.9 Å². The van der Waals surface area contributed by atoms with Gasteiger partial charge in [0.15, 0.2) is 0 Å². The van der Waals surface area contributed by atoms with Crippen LogP contribution in [0.2, 0.25) is 0 Å². The van der Waals surface area contributed by atoms with Crippen molar-refractivity contribution in [2.75, 3.05) is 13.2 Å². The molecule has 1 aromatic heterocycles. The van der Waals surface area contributed by atoms with Crippen molar-refractivity contribution in [1.82, 2.24) is 4.98 Å². The first-order chi connectivity index (χ1) is 16.4. The van der Waals surface area contributed by atoms with Gasteiger partial charge in [-0.15, -0.1) is 0 Å². The number of esters is 4. The van der Waals surface area contributed by atoms with Crippen molar-refractivity contribution >= 4 is 23.9 Å². The smallest absolute Gasteiger partial charge is 0.362 e. The first-order valence-electron chi connectivity index (χ1n) is 10.4. The highest BCUT2D eigenvalue weighted by atomic mass is 16.5. The summed E-state index contributed by atoms with van der Waals surface area (Å²) in [6, 6.07) is 14.5. The zero-order chi connectivity index (χ0) is 24.5. The molecule has 0 unspecified atom stereocenters. The zero-order valence-corrected chi connectivity index (χ0v) is 18.5. The molecule has 0 N–H and O–H groups in total. The van der Waals surface area contributed by atoms with Crippen molar-refractivity contribution in [3.05, 3.63) is 89.2 Å². The first-order valence-corrected chi connectivity index (χ1v) is 10.4. The monoisotopic (exact) mass is 463 g/mol. The van der Waals surface area contributed by atoms with E-state index in [0.29, 0.717) is 11.1 Å². The molecular weight excluding hydrogens is 442 g/mol. The lowest BCUT2D eigenvalue weighted by Gasteiger charge is -2.07. The molecule has 0 amide bonds. The van der Waals surface area contributed by atoms with Gasteiger partial charge in [0, 0.05) is 6.20 Å². The Hall–Kier alpha value is -4.53. The van der Waals surface area contributed by atoms with Crippen molar-refractivity contribution in [3.8, 4) is 11.5 Å². The van der Waals surface area contributed by atoms with Crippen molar-refractivity contribution < 1.29 is 38.1 Å². The van der Waals surface area contributed by atoms with Crippen molar-refractivity contribution in [3.63, 3.8) is 0 Å². The minimum atomic E-state index is -0.738. The van der Waals surface area contributed by atoms with Crippen LogP contribution in [0.3, 0.4) is 0 Å². The summed E-state index contributed by atoms with van der Waals surface area (Å²) >= 11 is 0. The van der Waals surface area contributed by atoms with Crippen LogP contribution in [-0.2, 0) is 9.47 Å². The number of rotatable bonds is 8. The van der Waals surface area contributed by atoms with Gasteiger partial charge in [0.05, 0.1) is 29.9 Å². The van der Waals surface area contributed by atoms with E-state index in [1.807, 2.05) is 0 Å². The van der Waals surface area contributed by atoms with Gasteiger partial charge in [0.1, 0.15) is 17.2 Å². The number of carbonyl (C=O) groups is 4. The molecule has 0 saturated carbocycles. The Kier molecular flexibility index (Phi) is 8.07. The molecule has 0 fully saturated rings. The van der Waals surface area contributed by atoms with E-state index in [4.69, 9.17) is 18.9 Å². The van der Waals surface area contributed by atoms with E-state index in [9.17, 15) is 19.2 Å². The van der Waals surface area contributed by atoms with E-state index < -0.39 is 23.9 Å². The lowest BCUT2D eigenvalue weighted by Crippen LogP contribution is -2.13. The Morgan fingerprint density at radius 1 is 0.588 bits per heavy atom. The van der Waals surface area contributed by atoms with Crippen LogP contribution >= 0.6 is 0 Å². The SMILES string of the molecule is CCOC(=O)c1ccc(OC(=O)c2ccc(C(=O)Oc3ccc(C(=O)OCC)cc3)nc2)cc1. The standard InChI is InChI=1S/C25H21NO8/c1-3-31-22(27)16-5-10-19(11-6-16)33-24(29)18-9-14-21(26-15-18)25(30)34-20-12-7-17(8-13-20)23(28)32-4-2/h5-15H,3-4H2,1-2H3. The summed E-state index contributed by atoms with van der Waals surface area (Å²) in [7, 11) is 0. The molecule has 2 aromatic carbocycles. The highest BCUT2D eigenvalue weighted by Crippen LogP contribution is 2.17. The zero-order valence-electron chi connectivity index (χ0n) is 18.5. The third kappa shape index (κ3) is 6.26. The van der Waals surface area contributed by atoms with Crippen molar-refractivity contribution in [1.29, 1.82) is 0 Å². The van der Waals surface area contributed by atoms with E-state index in [1.165, 1.54) is 66.9 Å². The number of nitrogens with zero attached hydrogens (tertiary/aromatic N) is 1. The molecule has 0 aliphatic carbocycles. The van der Waals surface area contributed by atoms with Crippen LogP contribution in [0.4, 0.5) is 0 Å². The lowest BCUT2D eigenvalue weighted by atomic mass is 10.2. The van der Waals surface area contributed by atoms with Crippen molar-refractivity contribution in [2.24, 2.45) is 0 Å². The summed E-state index contributed by atoms with van der Waals surface area (Å²) in [4.78, 5) is 51.9. The van der Waals surface area contributed by atoms with Crippen LogP contribution in [0.5, 0.6) is 11.5 Å². The Bertz CT molecular complexity index is 1070. The number of carbonyl (C=O) groups excluding carboxylic acids is 4. The number of pyridine rings is 1. The Morgan fingerprint density at radius 2 is 1.03 bits per heavy atom. The van der Waals surface area contributed by atoms with Gasteiger partial charge < -0.3 is 18.9 Å². The summed E-state index contributed by atoms with van der Waals surface area (Å²) in [6.07, 6.45) is 1.19. The number of hydrogen-bond donors (Lipinski definition) is 0. The molecule has 0 spiro atoms. The Balaban J connectivity index is 1.58. The fourth-order valence-electron chi connectivity index (χ4n) is 2.71. The van der Waals surface area contributed by atoms with E-state index >= 15 is 0 Å². The van der Waals surface area contributed by atoms with Gasteiger partial charge in [0.2, 0.25) is 0 Å². The van der Waals surface area contributed by atoms with Gasteiger partial charge in [-0.3, -0.25) is 0 Å². The second-order valence-corrected chi connectivity index (χ2v) is 6.70. The van der Waals surface area contributed by atoms with E-state index in [-0.39, 0.29) is 36.0 Å². The molecule has 0 radical (unpaired) electrons. The van der Waals surface area contributed by atoms with Crippen LogP contribution < -0.4 is 9.47 Å². The molecule has 34 heavy (non-hydrogen) atoms. The van der Waals surface area contributed by atoms with Gasteiger partial charge in [-0.25, -0.2) is 24.2 Å². The number of ether oxygens (including phenoxy) is 4. The predicted molar refractivity (Wildman–Crippen MR) is 119 cm³/mol. The molecule has 0 aliphatic heterocycles. The largest absolute Gasteiger partial charge is 0.462 e. The van der Waals surface area contributed by atoms with Crippen LogP contribution in [-0.4, -0.2) is 42.1 Å². The summed E-state index contributed by atoms with van der Waals surface area (Å²) in [6.45, 7) is 3.93. The summed E-state index contributed by atoms with van der Waals surface area (Å²) in [5.74, 6) is -1.92.